The average Bonchev–Trinajstić information content (AvgIpc) is 2.03. The summed E-state index contributed by atoms with van der Waals surface area (Å²) >= 11 is 1.24. The van der Waals surface area contributed by atoms with Crippen molar-refractivity contribution in [1.82, 2.24) is 0 Å². The normalized spacial score (nSPS) is 13.6. The Morgan fingerprint density at radius 2 is 1.93 bits per heavy atom. The molecule has 0 aromatic heterocycles. The fourth-order valence-electron chi connectivity index (χ4n) is 0.574. The van der Waals surface area contributed by atoms with E-state index >= 15 is 0 Å². The summed E-state index contributed by atoms with van der Waals surface area (Å²) < 4.78 is 0. The monoisotopic (exact) mass is 221 g/mol. The van der Waals surface area contributed by atoms with Crippen LogP contribution < -0.4 is 5.73 Å². The highest BCUT2D eigenvalue weighted by Gasteiger charge is 2.27. The van der Waals surface area contributed by atoms with E-state index in [9.17, 15) is 9.59 Å². The van der Waals surface area contributed by atoms with Crippen LogP contribution in [0.3, 0.4) is 0 Å². The minimum absolute atomic E-state index is 0.228. The maximum Gasteiger partial charge on any atom is 0.321 e. The molecule has 0 spiro atoms. The highest BCUT2D eigenvalue weighted by molar-refractivity contribution is 7.99. The summed E-state index contributed by atoms with van der Waals surface area (Å²) in [5, 5.41) is 17.2. The largest absolute Gasteiger partial charge is 0.481 e. The predicted molar refractivity (Wildman–Crippen MR) is 54.4 cm³/mol. The maximum absolute atomic E-state index is 10.7. The molecule has 0 amide bonds. The molecule has 0 radical (unpaired) electrons. The summed E-state index contributed by atoms with van der Waals surface area (Å²) in [6, 6.07) is -0.926. The van der Waals surface area contributed by atoms with Crippen LogP contribution >= 0.6 is 11.8 Å². The first-order valence-corrected chi connectivity index (χ1v) is 5.22. The number of aliphatic carboxylic acids is 2. The first-order valence-electron chi connectivity index (χ1n) is 4.07. The van der Waals surface area contributed by atoms with Crippen LogP contribution in [0.4, 0.5) is 0 Å². The van der Waals surface area contributed by atoms with E-state index in [2.05, 4.69) is 0 Å². The lowest BCUT2D eigenvalue weighted by Crippen LogP contribution is -2.34. The smallest absolute Gasteiger partial charge is 0.321 e. The van der Waals surface area contributed by atoms with E-state index in [0.29, 0.717) is 5.75 Å². The summed E-state index contributed by atoms with van der Waals surface area (Å²) in [6.45, 7) is 3.18. The summed E-state index contributed by atoms with van der Waals surface area (Å²) in [5.41, 5.74) is 4.41. The summed E-state index contributed by atoms with van der Waals surface area (Å²) in [6.07, 6.45) is 0. The van der Waals surface area contributed by atoms with E-state index in [1.165, 1.54) is 11.8 Å². The lowest BCUT2D eigenvalue weighted by molar-refractivity contribution is -0.145. The van der Waals surface area contributed by atoms with Crippen LogP contribution in [0.1, 0.15) is 13.8 Å². The quantitative estimate of drug-likeness (QED) is 0.594. The van der Waals surface area contributed by atoms with Gasteiger partial charge < -0.3 is 15.9 Å². The molecule has 82 valence electrons. The third-order valence-corrected chi connectivity index (χ3v) is 3.18. The zero-order chi connectivity index (χ0) is 11.4. The molecule has 0 aliphatic heterocycles. The first kappa shape index (κ1) is 13.2. The molecule has 1 atom stereocenters. The van der Waals surface area contributed by atoms with Gasteiger partial charge in [0, 0.05) is 11.5 Å². The van der Waals surface area contributed by atoms with Crippen molar-refractivity contribution >= 4 is 23.7 Å². The van der Waals surface area contributed by atoms with Crippen molar-refractivity contribution in [3.63, 3.8) is 0 Å². The van der Waals surface area contributed by atoms with Crippen LogP contribution in [0.5, 0.6) is 0 Å². The predicted octanol–water partition coefficient (Wildman–Crippen LogP) is 0.242. The van der Waals surface area contributed by atoms with E-state index < -0.39 is 23.4 Å². The van der Waals surface area contributed by atoms with Gasteiger partial charge in [0.25, 0.3) is 0 Å². The van der Waals surface area contributed by atoms with Gasteiger partial charge in [-0.1, -0.05) is 0 Å². The summed E-state index contributed by atoms with van der Waals surface area (Å²) in [5.74, 6) is -1.38. The molecule has 0 fully saturated rings. The number of nitrogens with two attached hydrogens (primary N) is 1. The van der Waals surface area contributed by atoms with Crippen molar-refractivity contribution in [2.45, 2.75) is 19.9 Å². The molecule has 14 heavy (non-hydrogen) atoms. The standard InChI is InChI=1S/C8H15NO4S/c1-8(2,7(12)13)4-14-3-5(9)6(10)11/h5H,3-4,9H2,1-2H3,(H,10,11)(H,12,13). The fraction of sp³-hybridized carbons (Fsp3) is 0.750. The Hall–Kier alpha value is -0.750. The molecular formula is C8H15NO4S. The topological polar surface area (TPSA) is 101 Å². The molecule has 6 heteroatoms. The van der Waals surface area contributed by atoms with Crippen molar-refractivity contribution < 1.29 is 19.8 Å². The van der Waals surface area contributed by atoms with Crippen LogP contribution in [-0.2, 0) is 9.59 Å². The van der Waals surface area contributed by atoms with Crippen molar-refractivity contribution in [2.24, 2.45) is 11.1 Å². The third-order valence-electron chi connectivity index (χ3n) is 1.66. The van der Waals surface area contributed by atoms with Crippen molar-refractivity contribution in [2.75, 3.05) is 11.5 Å². The van der Waals surface area contributed by atoms with Gasteiger partial charge in [-0.3, -0.25) is 9.59 Å². The molecule has 4 N–H and O–H groups in total. The minimum atomic E-state index is -1.06. The number of carboxylic acid groups (broad SMARTS) is 2. The number of carboxylic acids is 2. The molecule has 0 bridgehead atoms. The van der Waals surface area contributed by atoms with Crippen molar-refractivity contribution in [1.29, 1.82) is 0 Å². The van der Waals surface area contributed by atoms with Gasteiger partial charge in [0.2, 0.25) is 0 Å². The zero-order valence-electron chi connectivity index (χ0n) is 8.19. The lowest BCUT2D eigenvalue weighted by Gasteiger charge is -2.18. The molecule has 0 aliphatic rings. The van der Waals surface area contributed by atoms with E-state index in [1.807, 2.05) is 0 Å². The molecule has 0 aromatic rings. The van der Waals surface area contributed by atoms with Gasteiger partial charge >= 0.3 is 11.9 Å². The molecule has 0 heterocycles. The van der Waals surface area contributed by atoms with E-state index in [1.54, 1.807) is 13.8 Å². The van der Waals surface area contributed by atoms with Gasteiger partial charge in [0.05, 0.1) is 5.41 Å². The van der Waals surface area contributed by atoms with Gasteiger partial charge in [0.1, 0.15) is 6.04 Å². The first-order chi connectivity index (χ1) is 6.27. The van der Waals surface area contributed by atoms with Crippen LogP contribution in [0.15, 0.2) is 0 Å². The molecule has 0 saturated heterocycles. The van der Waals surface area contributed by atoms with E-state index in [0.717, 1.165) is 0 Å². The Kier molecular flexibility index (Phi) is 4.93. The van der Waals surface area contributed by atoms with Crippen LogP contribution in [-0.4, -0.2) is 39.7 Å². The number of hydrogen-bond acceptors (Lipinski definition) is 4. The Bertz CT molecular complexity index is 229. The highest BCUT2D eigenvalue weighted by atomic mass is 32.2. The van der Waals surface area contributed by atoms with Crippen LogP contribution in [0.2, 0.25) is 0 Å². The number of hydrogen-bond donors (Lipinski definition) is 3. The Labute approximate surface area is 86.7 Å². The Morgan fingerprint density at radius 1 is 1.43 bits per heavy atom. The second-order valence-electron chi connectivity index (χ2n) is 3.65. The van der Waals surface area contributed by atoms with Gasteiger partial charge in [-0.15, -0.1) is 0 Å². The minimum Gasteiger partial charge on any atom is -0.481 e. The molecular weight excluding hydrogens is 206 g/mol. The van der Waals surface area contributed by atoms with Gasteiger partial charge in [-0.25, -0.2) is 0 Å². The zero-order valence-corrected chi connectivity index (χ0v) is 9.00. The molecule has 0 saturated carbocycles. The Morgan fingerprint density at radius 3 is 2.29 bits per heavy atom. The van der Waals surface area contributed by atoms with Crippen molar-refractivity contribution in [3.05, 3.63) is 0 Å². The average molecular weight is 221 g/mol. The van der Waals surface area contributed by atoms with Gasteiger partial charge in [-0.05, 0) is 13.8 Å². The number of thioether (sulfide) groups is 1. The summed E-state index contributed by atoms with van der Waals surface area (Å²) in [7, 11) is 0. The third kappa shape index (κ3) is 4.48. The van der Waals surface area contributed by atoms with Gasteiger partial charge in [-0.2, -0.15) is 11.8 Å². The molecule has 1 unspecified atom stereocenters. The highest BCUT2D eigenvalue weighted by Crippen LogP contribution is 2.22. The second kappa shape index (κ2) is 5.21. The number of carbonyl (C=O) groups is 2. The SMILES string of the molecule is CC(C)(CSCC(N)C(=O)O)C(=O)O. The number of rotatable bonds is 6. The van der Waals surface area contributed by atoms with Crippen molar-refractivity contribution in [3.8, 4) is 0 Å². The molecule has 0 aliphatic carbocycles. The van der Waals surface area contributed by atoms with E-state index in [-0.39, 0.29) is 5.75 Å². The van der Waals surface area contributed by atoms with E-state index in [4.69, 9.17) is 15.9 Å². The van der Waals surface area contributed by atoms with Crippen LogP contribution in [0.25, 0.3) is 0 Å². The molecule has 0 aromatic carbocycles. The maximum atomic E-state index is 10.7. The summed E-state index contributed by atoms with van der Waals surface area (Å²) in [4.78, 5) is 21.0. The van der Waals surface area contributed by atoms with Crippen LogP contribution in [0, 0.1) is 5.41 Å². The second-order valence-corrected chi connectivity index (χ2v) is 4.68. The Balaban J connectivity index is 3.85. The molecule has 0 rings (SSSR count). The fourth-order valence-corrected chi connectivity index (χ4v) is 1.72. The molecule has 5 nitrogen and oxygen atoms in total. The van der Waals surface area contributed by atoms with Gasteiger partial charge in [0.15, 0.2) is 0 Å². The lowest BCUT2D eigenvalue weighted by atomic mass is 9.97.